The molecule has 2 aromatic rings. The van der Waals surface area contributed by atoms with Crippen LogP contribution in [0.2, 0.25) is 0 Å². The number of fused-ring (bicyclic) bond motifs is 1. The first kappa shape index (κ1) is 15.8. The second-order valence-corrected chi connectivity index (χ2v) is 5.37. The molecule has 0 fully saturated rings. The maximum Gasteiger partial charge on any atom is 0.131 e. The number of hydrogen-bond acceptors (Lipinski definition) is 3. The first-order valence-corrected chi connectivity index (χ1v) is 7.79. The molecule has 21 heavy (non-hydrogen) atoms. The van der Waals surface area contributed by atoms with Crippen LogP contribution in [-0.2, 0) is 0 Å². The van der Waals surface area contributed by atoms with Crippen molar-refractivity contribution < 1.29 is 4.74 Å². The summed E-state index contributed by atoms with van der Waals surface area (Å²) in [7, 11) is 0. The van der Waals surface area contributed by atoms with Crippen LogP contribution in [0.1, 0.15) is 32.4 Å². The summed E-state index contributed by atoms with van der Waals surface area (Å²) in [5.74, 6) is 0.940. The van der Waals surface area contributed by atoms with Crippen LogP contribution in [0, 0.1) is 0 Å². The highest BCUT2D eigenvalue weighted by Gasteiger charge is 2.12. The van der Waals surface area contributed by atoms with E-state index in [1.807, 2.05) is 19.1 Å². The van der Waals surface area contributed by atoms with E-state index in [2.05, 4.69) is 43.0 Å². The number of benzene rings is 2. The summed E-state index contributed by atoms with van der Waals surface area (Å²) in [6.07, 6.45) is 0. The standard InChI is InChI=1S/C18H26N2O/c1-4-20(5-2)12-13-21-18-16(14(3)19)11-10-15-8-6-7-9-17(15)18/h6-11,14H,4-5,12-13,19H2,1-3H3/t14-/m0/s1. The first-order valence-electron chi connectivity index (χ1n) is 7.79. The molecule has 0 aliphatic carbocycles. The quantitative estimate of drug-likeness (QED) is 0.845. The molecule has 0 bridgehead atoms. The molecule has 0 spiro atoms. The molecule has 2 rings (SSSR count). The van der Waals surface area contributed by atoms with E-state index in [0.29, 0.717) is 6.61 Å². The Hall–Kier alpha value is -1.58. The van der Waals surface area contributed by atoms with Crippen LogP contribution in [0.4, 0.5) is 0 Å². The molecule has 0 aromatic heterocycles. The van der Waals surface area contributed by atoms with Gasteiger partial charge in [0.25, 0.3) is 0 Å². The number of hydrogen-bond donors (Lipinski definition) is 1. The summed E-state index contributed by atoms with van der Waals surface area (Å²) < 4.78 is 6.12. The highest BCUT2D eigenvalue weighted by molar-refractivity contribution is 5.89. The lowest BCUT2D eigenvalue weighted by Crippen LogP contribution is -2.28. The molecule has 0 radical (unpaired) electrons. The van der Waals surface area contributed by atoms with Gasteiger partial charge in [0.15, 0.2) is 0 Å². The molecule has 0 saturated carbocycles. The molecule has 0 amide bonds. The van der Waals surface area contributed by atoms with Gasteiger partial charge in [0.1, 0.15) is 12.4 Å². The van der Waals surface area contributed by atoms with Gasteiger partial charge in [0.05, 0.1) is 0 Å². The Morgan fingerprint density at radius 2 is 1.81 bits per heavy atom. The molecular formula is C18H26N2O. The highest BCUT2D eigenvalue weighted by atomic mass is 16.5. The Kier molecular flexibility index (Phi) is 5.59. The summed E-state index contributed by atoms with van der Waals surface area (Å²) in [5, 5.41) is 2.34. The average Bonchev–Trinajstić information content (AvgIpc) is 2.51. The van der Waals surface area contributed by atoms with Crippen molar-refractivity contribution in [1.82, 2.24) is 4.90 Å². The van der Waals surface area contributed by atoms with Gasteiger partial charge < -0.3 is 15.4 Å². The molecule has 0 saturated heterocycles. The Labute approximate surface area is 127 Å². The predicted octanol–water partition coefficient (Wildman–Crippen LogP) is 3.58. The van der Waals surface area contributed by atoms with Crippen molar-refractivity contribution in [2.45, 2.75) is 26.8 Å². The molecule has 114 valence electrons. The molecule has 3 nitrogen and oxygen atoms in total. The number of nitrogens with zero attached hydrogens (tertiary/aromatic N) is 1. The normalized spacial score (nSPS) is 12.8. The van der Waals surface area contributed by atoms with Gasteiger partial charge in [-0.25, -0.2) is 0 Å². The van der Waals surface area contributed by atoms with Crippen molar-refractivity contribution in [3.63, 3.8) is 0 Å². The molecule has 0 aliphatic heterocycles. The van der Waals surface area contributed by atoms with Gasteiger partial charge in [-0.15, -0.1) is 0 Å². The minimum absolute atomic E-state index is 0.0296. The maximum atomic E-state index is 6.12. The lowest BCUT2D eigenvalue weighted by atomic mass is 10.0. The van der Waals surface area contributed by atoms with Gasteiger partial charge in [-0.1, -0.05) is 50.2 Å². The third kappa shape index (κ3) is 3.74. The van der Waals surface area contributed by atoms with Crippen LogP contribution >= 0.6 is 0 Å². The topological polar surface area (TPSA) is 38.5 Å². The maximum absolute atomic E-state index is 6.12. The van der Waals surface area contributed by atoms with Crippen LogP contribution in [0.3, 0.4) is 0 Å². The van der Waals surface area contributed by atoms with E-state index in [9.17, 15) is 0 Å². The molecule has 0 unspecified atom stereocenters. The van der Waals surface area contributed by atoms with E-state index >= 15 is 0 Å². The van der Waals surface area contributed by atoms with Gasteiger partial charge in [0, 0.05) is 23.5 Å². The van der Waals surface area contributed by atoms with Crippen LogP contribution in [0.25, 0.3) is 10.8 Å². The fourth-order valence-electron chi connectivity index (χ4n) is 2.60. The van der Waals surface area contributed by atoms with Gasteiger partial charge in [-0.2, -0.15) is 0 Å². The van der Waals surface area contributed by atoms with E-state index in [-0.39, 0.29) is 6.04 Å². The lowest BCUT2D eigenvalue weighted by Gasteiger charge is -2.20. The highest BCUT2D eigenvalue weighted by Crippen LogP contribution is 2.32. The van der Waals surface area contributed by atoms with E-state index in [4.69, 9.17) is 10.5 Å². The third-order valence-electron chi connectivity index (χ3n) is 3.95. The zero-order valence-corrected chi connectivity index (χ0v) is 13.3. The van der Waals surface area contributed by atoms with Crippen LogP contribution < -0.4 is 10.5 Å². The molecule has 3 heteroatoms. The fourth-order valence-corrected chi connectivity index (χ4v) is 2.60. The molecular weight excluding hydrogens is 260 g/mol. The van der Waals surface area contributed by atoms with E-state index in [0.717, 1.165) is 36.3 Å². The summed E-state index contributed by atoms with van der Waals surface area (Å²) in [6, 6.07) is 12.5. The Balaban J connectivity index is 2.25. The van der Waals surface area contributed by atoms with Crippen molar-refractivity contribution in [3.05, 3.63) is 42.0 Å². The Morgan fingerprint density at radius 1 is 1.10 bits per heavy atom. The van der Waals surface area contributed by atoms with Crippen molar-refractivity contribution >= 4 is 10.8 Å². The zero-order valence-electron chi connectivity index (χ0n) is 13.3. The Morgan fingerprint density at radius 3 is 2.48 bits per heavy atom. The molecule has 2 aromatic carbocycles. The van der Waals surface area contributed by atoms with Crippen molar-refractivity contribution in [2.75, 3.05) is 26.2 Å². The van der Waals surface area contributed by atoms with Crippen LogP contribution in [0.5, 0.6) is 5.75 Å². The van der Waals surface area contributed by atoms with E-state index < -0.39 is 0 Å². The number of ether oxygens (including phenoxy) is 1. The fraction of sp³-hybridized carbons (Fsp3) is 0.444. The summed E-state index contributed by atoms with van der Waals surface area (Å²) >= 11 is 0. The third-order valence-corrected chi connectivity index (χ3v) is 3.95. The predicted molar refractivity (Wildman–Crippen MR) is 89.8 cm³/mol. The molecule has 0 aliphatic rings. The first-order chi connectivity index (χ1) is 10.2. The minimum atomic E-state index is -0.0296. The summed E-state index contributed by atoms with van der Waals surface area (Å²) in [6.45, 7) is 10.1. The van der Waals surface area contributed by atoms with Gasteiger partial charge in [-0.05, 0) is 25.4 Å². The van der Waals surface area contributed by atoms with Crippen molar-refractivity contribution in [2.24, 2.45) is 5.73 Å². The average molecular weight is 286 g/mol. The monoisotopic (exact) mass is 286 g/mol. The molecule has 2 N–H and O–H groups in total. The SMILES string of the molecule is CCN(CC)CCOc1c([C@H](C)N)ccc2ccccc12. The second kappa shape index (κ2) is 7.43. The smallest absolute Gasteiger partial charge is 0.131 e. The van der Waals surface area contributed by atoms with Crippen molar-refractivity contribution in [1.29, 1.82) is 0 Å². The number of rotatable bonds is 7. The van der Waals surface area contributed by atoms with Gasteiger partial charge >= 0.3 is 0 Å². The largest absolute Gasteiger partial charge is 0.491 e. The van der Waals surface area contributed by atoms with Crippen molar-refractivity contribution in [3.8, 4) is 5.75 Å². The molecule has 0 heterocycles. The second-order valence-electron chi connectivity index (χ2n) is 5.37. The van der Waals surface area contributed by atoms with E-state index in [1.165, 1.54) is 5.39 Å². The number of likely N-dealkylation sites (N-methyl/N-ethyl adjacent to an activating group) is 1. The van der Waals surface area contributed by atoms with Gasteiger partial charge in [0.2, 0.25) is 0 Å². The van der Waals surface area contributed by atoms with Gasteiger partial charge in [-0.3, -0.25) is 0 Å². The van der Waals surface area contributed by atoms with E-state index in [1.54, 1.807) is 0 Å². The van der Waals surface area contributed by atoms with Crippen LogP contribution in [0.15, 0.2) is 36.4 Å². The zero-order chi connectivity index (χ0) is 15.2. The molecule has 1 atom stereocenters. The summed E-state index contributed by atoms with van der Waals surface area (Å²) in [4.78, 5) is 2.36. The summed E-state index contributed by atoms with van der Waals surface area (Å²) in [5.41, 5.74) is 7.18. The Bertz CT molecular complexity index is 576. The lowest BCUT2D eigenvalue weighted by molar-refractivity contribution is 0.223. The minimum Gasteiger partial charge on any atom is -0.491 e. The number of nitrogens with two attached hydrogens (primary N) is 1. The van der Waals surface area contributed by atoms with Crippen LogP contribution in [-0.4, -0.2) is 31.1 Å².